The Hall–Kier alpha value is -1.61. The molecule has 1 saturated heterocycles. The van der Waals surface area contributed by atoms with Crippen LogP contribution in [0.25, 0.3) is 0 Å². The van der Waals surface area contributed by atoms with Gasteiger partial charge in [0, 0.05) is 26.3 Å². The lowest BCUT2D eigenvalue weighted by atomic mass is 9.97. The number of alkyl halides is 3. The number of piperidine rings is 1. The topological polar surface area (TPSA) is 76.3 Å². The summed E-state index contributed by atoms with van der Waals surface area (Å²) in [7, 11) is 1.49. The van der Waals surface area contributed by atoms with E-state index in [9.17, 15) is 13.2 Å². The SMILES string of the molecule is COCc1nc(NN)cc(N2CCCC(C(F)(F)F)C2)n1. The van der Waals surface area contributed by atoms with Gasteiger partial charge < -0.3 is 15.1 Å². The Morgan fingerprint density at radius 1 is 1.48 bits per heavy atom. The molecule has 1 aliphatic heterocycles. The molecule has 0 spiro atoms. The minimum atomic E-state index is -4.18. The molecule has 0 aromatic carbocycles. The molecule has 118 valence electrons. The Morgan fingerprint density at radius 2 is 2.24 bits per heavy atom. The smallest absolute Gasteiger partial charge is 0.377 e. The van der Waals surface area contributed by atoms with Gasteiger partial charge in [0.15, 0.2) is 5.82 Å². The molecule has 0 bridgehead atoms. The number of aromatic nitrogens is 2. The van der Waals surface area contributed by atoms with Crippen molar-refractivity contribution in [2.45, 2.75) is 25.6 Å². The molecular weight excluding hydrogens is 287 g/mol. The molecule has 1 aromatic heterocycles. The van der Waals surface area contributed by atoms with Gasteiger partial charge in [0.05, 0.1) is 5.92 Å². The van der Waals surface area contributed by atoms with Crippen LogP contribution in [0.5, 0.6) is 0 Å². The van der Waals surface area contributed by atoms with Gasteiger partial charge in [-0.1, -0.05) is 0 Å². The summed E-state index contributed by atoms with van der Waals surface area (Å²) in [6.45, 7) is 0.593. The predicted molar refractivity (Wildman–Crippen MR) is 71.5 cm³/mol. The number of hydrazine groups is 1. The van der Waals surface area contributed by atoms with Crippen LogP contribution in [-0.4, -0.2) is 36.3 Å². The molecule has 0 saturated carbocycles. The second kappa shape index (κ2) is 6.44. The van der Waals surface area contributed by atoms with Crippen LogP contribution in [0.4, 0.5) is 24.8 Å². The highest BCUT2D eigenvalue weighted by Crippen LogP contribution is 2.34. The molecule has 9 heteroatoms. The maximum absolute atomic E-state index is 12.9. The lowest BCUT2D eigenvalue weighted by molar-refractivity contribution is -0.176. The fraction of sp³-hybridized carbons (Fsp3) is 0.667. The summed E-state index contributed by atoms with van der Waals surface area (Å²) in [5.74, 6) is 5.15. The Labute approximate surface area is 120 Å². The number of methoxy groups -OCH3 is 1. The second-order valence-electron chi connectivity index (χ2n) is 4.93. The third-order valence-corrected chi connectivity index (χ3v) is 3.39. The van der Waals surface area contributed by atoms with Gasteiger partial charge in [-0.05, 0) is 12.8 Å². The van der Waals surface area contributed by atoms with Crippen LogP contribution in [-0.2, 0) is 11.3 Å². The van der Waals surface area contributed by atoms with E-state index in [1.54, 1.807) is 4.90 Å². The maximum Gasteiger partial charge on any atom is 0.393 e. The summed E-state index contributed by atoms with van der Waals surface area (Å²) in [5.41, 5.74) is 2.39. The lowest BCUT2D eigenvalue weighted by Gasteiger charge is -2.34. The van der Waals surface area contributed by atoms with Gasteiger partial charge >= 0.3 is 6.18 Å². The number of hydrogen-bond acceptors (Lipinski definition) is 6. The van der Waals surface area contributed by atoms with E-state index in [0.717, 1.165) is 0 Å². The third-order valence-electron chi connectivity index (χ3n) is 3.39. The zero-order valence-electron chi connectivity index (χ0n) is 11.7. The highest BCUT2D eigenvalue weighted by Gasteiger charge is 2.42. The quantitative estimate of drug-likeness (QED) is 0.651. The van der Waals surface area contributed by atoms with E-state index in [4.69, 9.17) is 10.6 Å². The van der Waals surface area contributed by atoms with E-state index in [0.29, 0.717) is 30.4 Å². The second-order valence-corrected chi connectivity index (χ2v) is 4.93. The summed E-state index contributed by atoms with van der Waals surface area (Å²) in [6, 6.07) is 1.54. The molecule has 1 atom stereocenters. The monoisotopic (exact) mass is 305 g/mol. The molecule has 6 nitrogen and oxygen atoms in total. The van der Waals surface area contributed by atoms with Crippen LogP contribution in [0.2, 0.25) is 0 Å². The van der Waals surface area contributed by atoms with Crippen LogP contribution in [0, 0.1) is 5.92 Å². The minimum absolute atomic E-state index is 0.100. The van der Waals surface area contributed by atoms with Crippen LogP contribution in [0.1, 0.15) is 18.7 Å². The summed E-state index contributed by atoms with van der Waals surface area (Å²) < 4.78 is 43.5. The van der Waals surface area contributed by atoms with Crippen molar-refractivity contribution in [3.05, 3.63) is 11.9 Å². The molecule has 3 N–H and O–H groups in total. The molecular formula is C12H18F3N5O. The Bertz CT molecular complexity index is 482. The van der Waals surface area contributed by atoms with Gasteiger partial charge in [0.1, 0.15) is 18.2 Å². The van der Waals surface area contributed by atoms with Crippen molar-refractivity contribution < 1.29 is 17.9 Å². The number of nitrogens with zero attached hydrogens (tertiary/aromatic N) is 3. The largest absolute Gasteiger partial charge is 0.393 e. The van der Waals surface area contributed by atoms with Crippen molar-refractivity contribution in [1.82, 2.24) is 9.97 Å². The standard InChI is InChI=1S/C12H18F3N5O/c1-21-7-10-17-9(19-16)5-11(18-10)20-4-2-3-8(6-20)12(13,14)15/h5,8H,2-4,6-7,16H2,1H3,(H,17,18,19). The first-order valence-electron chi connectivity index (χ1n) is 6.59. The first-order chi connectivity index (χ1) is 9.94. The van der Waals surface area contributed by atoms with E-state index >= 15 is 0 Å². The van der Waals surface area contributed by atoms with Gasteiger partial charge in [0.2, 0.25) is 0 Å². The Kier molecular flexibility index (Phi) is 4.84. The van der Waals surface area contributed by atoms with Crippen LogP contribution < -0.4 is 16.2 Å². The number of nitrogens with two attached hydrogens (primary N) is 1. The molecule has 1 aromatic rings. The number of nitrogens with one attached hydrogen (secondary N) is 1. The fourth-order valence-electron chi connectivity index (χ4n) is 2.37. The first kappa shape index (κ1) is 15.8. The summed E-state index contributed by atoms with van der Waals surface area (Å²) in [6.07, 6.45) is -3.56. The molecule has 21 heavy (non-hydrogen) atoms. The molecule has 1 unspecified atom stereocenters. The molecule has 2 heterocycles. The number of hydrogen-bond donors (Lipinski definition) is 2. The molecule has 2 rings (SSSR count). The van der Waals surface area contributed by atoms with Crippen LogP contribution in [0.15, 0.2) is 6.07 Å². The molecule has 0 aliphatic carbocycles. The van der Waals surface area contributed by atoms with Gasteiger partial charge in [-0.25, -0.2) is 15.8 Å². The zero-order chi connectivity index (χ0) is 15.5. The summed E-state index contributed by atoms with van der Waals surface area (Å²) in [5, 5.41) is 0. The average molecular weight is 305 g/mol. The van der Waals surface area contributed by atoms with Crippen molar-refractivity contribution in [3.8, 4) is 0 Å². The van der Waals surface area contributed by atoms with E-state index in [-0.39, 0.29) is 19.6 Å². The first-order valence-corrected chi connectivity index (χ1v) is 6.59. The Morgan fingerprint density at radius 3 is 2.86 bits per heavy atom. The fourth-order valence-corrected chi connectivity index (χ4v) is 2.37. The molecule has 0 radical (unpaired) electrons. The lowest BCUT2D eigenvalue weighted by Crippen LogP contribution is -2.42. The van der Waals surface area contributed by atoms with E-state index < -0.39 is 12.1 Å². The van der Waals surface area contributed by atoms with Crippen molar-refractivity contribution in [2.75, 3.05) is 30.5 Å². The maximum atomic E-state index is 12.9. The normalized spacial score (nSPS) is 19.7. The highest BCUT2D eigenvalue weighted by atomic mass is 19.4. The minimum Gasteiger partial charge on any atom is -0.377 e. The molecule has 1 aliphatic rings. The van der Waals surface area contributed by atoms with Crippen molar-refractivity contribution in [1.29, 1.82) is 0 Å². The summed E-state index contributed by atoms with van der Waals surface area (Å²) in [4.78, 5) is 9.94. The number of halogens is 3. The number of nitrogen functional groups attached to an aromatic ring is 1. The van der Waals surface area contributed by atoms with Crippen molar-refractivity contribution in [2.24, 2.45) is 11.8 Å². The predicted octanol–water partition coefficient (Wildman–Crippen LogP) is 1.69. The number of rotatable bonds is 4. The van der Waals surface area contributed by atoms with E-state index in [1.807, 2.05) is 0 Å². The molecule has 1 fully saturated rings. The van der Waals surface area contributed by atoms with Gasteiger partial charge in [-0.2, -0.15) is 13.2 Å². The van der Waals surface area contributed by atoms with Gasteiger partial charge in [-0.3, -0.25) is 0 Å². The highest BCUT2D eigenvalue weighted by molar-refractivity contribution is 5.49. The number of anilines is 2. The molecule has 0 amide bonds. The number of ether oxygens (including phenoxy) is 1. The van der Waals surface area contributed by atoms with Crippen LogP contribution >= 0.6 is 0 Å². The van der Waals surface area contributed by atoms with Gasteiger partial charge in [-0.15, -0.1) is 0 Å². The van der Waals surface area contributed by atoms with Gasteiger partial charge in [0.25, 0.3) is 0 Å². The summed E-state index contributed by atoms with van der Waals surface area (Å²) >= 11 is 0. The third kappa shape index (κ3) is 3.94. The van der Waals surface area contributed by atoms with Crippen LogP contribution in [0.3, 0.4) is 0 Å². The van der Waals surface area contributed by atoms with Crippen molar-refractivity contribution in [3.63, 3.8) is 0 Å². The Balaban J connectivity index is 2.21. The van der Waals surface area contributed by atoms with E-state index in [2.05, 4.69) is 15.4 Å². The van der Waals surface area contributed by atoms with E-state index in [1.165, 1.54) is 13.2 Å². The average Bonchev–Trinajstić information content (AvgIpc) is 2.46. The van der Waals surface area contributed by atoms with Crippen molar-refractivity contribution >= 4 is 11.6 Å². The zero-order valence-corrected chi connectivity index (χ0v) is 11.7.